The molecule has 18 heavy (non-hydrogen) atoms. The van der Waals surface area contributed by atoms with Gasteiger partial charge in [-0.25, -0.2) is 8.78 Å². The molecule has 0 aromatic heterocycles. The van der Waals surface area contributed by atoms with Crippen LogP contribution in [0.25, 0.3) is 0 Å². The molecule has 1 nitrogen and oxygen atoms in total. The van der Waals surface area contributed by atoms with Gasteiger partial charge in [-0.05, 0) is 23.8 Å². The first-order valence-corrected chi connectivity index (χ1v) is 6.20. The molecule has 0 unspecified atom stereocenters. The molecule has 0 N–H and O–H groups in total. The number of ether oxygens (including phenoxy) is 1. The quantitative estimate of drug-likeness (QED) is 0.775. The lowest BCUT2D eigenvalue weighted by molar-refractivity contribution is 0.150. The Morgan fingerprint density at radius 2 is 1.78 bits per heavy atom. The molecule has 0 fully saturated rings. The van der Waals surface area contributed by atoms with E-state index in [1.165, 1.54) is 12.1 Å². The number of hydrogen-bond acceptors (Lipinski definition) is 1. The minimum Gasteiger partial charge on any atom is -0.489 e. The van der Waals surface area contributed by atoms with Gasteiger partial charge in [0.15, 0.2) is 0 Å². The second-order valence-electron chi connectivity index (χ2n) is 3.80. The molecule has 0 saturated heterocycles. The van der Waals surface area contributed by atoms with E-state index in [-0.39, 0.29) is 5.56 Å². The standard InChI is InChI=1S/C14H11BrF2O/c15-12-6-11(14(16)17)7-13(8-12)18-9-10-4-2-1-3-5-10/h1-8,14H,9H2. The molecule has 0 saturated carbocycles. The molecule has 0 amide bonds. The van der Waals surface area contributed by atoms with Crippen molar-refractivity contribution in [2.24, 2.45) is 0 Å². The van der Waals surface area contributed by atoms with Crippen molar-refractivity contribution >= 4 is 15.9 Å². The van der Waals surface area contributed by atoms with Crippen LogP contribution in [0.15, 0.2) is 53.0 Å². The Morgan fingerprint density at radius 3 is 2.44 bits per heavy atom. The van der Waals surface area contributed by atoms with Gasteiger partial charge >= 0.3 is 0 Å². The molecule has 0 spiro atoms. The highest BCUT2D eigenvalue weighted by Crippen LogP contribution is 2.28. The maximum Gasteiger partial charge on any atom is 0.264 e. The number of rotatable bonds is 4. The summed E-state index contributed by atoms with van der Waals surface area (Å²) in [6, 6.07) is 14.0. The van der Waals surface area contributed by atoms with E-state index in [1.807, 2.05) is 30.3 Å². The third-order valence-corrected chi connectivity index (χ3v) is 2.85. The fourth-order valence-electron chi connectivity index (χ4n) is 1.53. The van der Waals surface area contributed by atoms with Crippen LogP contribution in [0.1, 0.15) is 17.6 Å². The van der Waals surface area contributed by atoms with Crippen LogP contribution in [-0.4, -0.2) is 0 Å². The lowest BCUT2D eigenvalue weighted by Crippen LogP contribution is -1.96. The van der Waals surface area contributed by atoms with Crippen LogP contribution in [0.4, 0.5) is 8.78 Å². The predicted octanol–water partition coefficient (Wildman–Crippen LogP) is 4.97. The van der Waals surface area contributed by atoms with E-state index in [4.69, 9.17) is 4.74 Å². The number of halogens is 3. The molecule has 4 heteroatoms. The van der Waals surface area contributed by atoms with Crippen molar-refractivity contribution in [3.05, 3.63) is 64.1 Å². The SMILES string of the molecule is FC(F)c1cc(Br)cc(OCc2ccccc2)c1. The third-order valence-electron chi connectivity index (χ3n) is 2.39. The molecule has 2 aromatic rings. The summed E-state index contributed by atoms with van der Waals surface area (Å²) in [4.78, 5) is 0. The second kappa shape index (κ2) is 5.96. The maximum atomic E-state index is 12.6. The van der Waals surface area contributed by atoms with E-state index in [0.29, 0.717) is 16.8 Å². The zero-order chi connectivity index (χ0) is 13.0. The highest BCUT2D eigenvalue weighted by Gasteiger charge is 2.09. The minimum absolute atomic E-state index is 0.0487. The fourth-order valence-corrected chi connectivity index (χ4v) is 2.02. The van der Waals surface area contributed by atoms with Crippen LogP contribution in [0.5, 0.6) is 5.75 Å². The molecule has 0 radical (unpaired) electrons. The van der Waals surface area contributed by atoms with Gasteiger partial charge in [0.05, 0.1) is 0 Å². The van der Waals surface area contributed by atoms with E-state index in [0.717, 1.165) is 5.56 Å². The van der Waals surface area contributed by atoms with Crippen molar-refractivity contribution in [3.63, 3.8) is 0 Å². The van der Waals surface area contributed by atoms with Gasteiger partial charge in [0, 0.05) is 10.0 Å². The van der Waals surface area contributed by atoms with Crippen LogP contribution < -0.4 is 4.74 Å². The summed E-state index contributed by atoms with van der Waals surface area (Å²) in [6.07, 6.45) is -2.50. The number of alkyl halides is 2. The molecule has 94 valence electrons. The summed E-state index contributed by atoms with van der Waals surface area (Å²) in [6.45, 7) is 0.361. The predicted molar refractivity (Wildman–Crippen MR) is 69.9 cm³/mol. The molecule has 0 atom stereocenters. The molecular weight excluding hydrogens is 302 g/mol. The van der Waals surface area contributed by atoms with Crippen molar-refractivity contribution in [2.45, 2.75) is 13.0 Å². The summed E-state index contributed by atoms with van der Waals surface area (Å²) in [5.74, 6) is 0.434. The largest absolute Gasteiger partial charge is 0.489 e. The first-order valence-electron chi connectivity index (χ1n) is 5.40. The Kier molecular flexibility index (Phi) is 4.31. The lowest BCUT2D eigenvalue weighted by atomic mass is 10.2. The first-order chi connectivity index (χ1) is 8.65. The summed E-state index contributed by atoms with van der Waals surface area (Å²) < 4.78 is 31.3. The van der Waals surface area contributed by atoms with Gasteiger partial charge in [-0.2, -0.15) is 0 Å². The smallest absolute Gasteiger partial charge is 0.264 e. The molecule has 0 aliphatic carbocycles. The minimum atomic E-state index is -2.50. The van der Waals surface area contributed by atoms with E-state index < -0.39 is 6.43 Å². The molecule has 0 aliphatic rings. The topological polar surface area (TPSA) is 9.23 Å². The summed E-state index contributed by atoms with van der Waals surface area (Å²) in [7, 11) is 0. The molecule has 2 rings (SSSR count). The van der Waals surface area contributed by atoms with E-state index >= 15 is 0 Å². The Labute approximate surface area is 113 Å². The van der Waals surface area contributed by atoms with Gasteiger partial charge in [0.2, 0.25) is 0 Å². The third kappa shape index (κ3) is 3.53. The average Bonchev–Trinajstić information content (AvgIpc) is 2.37. The van der Waals surface area contributed by atoms with Crippen LogP contribution in [0.2, 0.25) is 0 Å². The average molecular weight is 313 g/mol. The number of benzene rings is 2. The maximum absolute atomic E-state index is 12.6. The highest BCUT2D eigenvalue weighted by molar-refractivity contribution is 9.10. The first kappa shape index (κ1) is 13.0. The molecular formula is C14H11BrF2O. The van der Waals surface area contributed by atoms with Crippen molar-refractivity contribution < 1.29 is 13.5 Å². The van der Waals surface area contributed by atoms with Crippen LogP contribution in [-0.2, 0) is 6.61 Å². The molecule has 0 heterocycles. The Balaban J connectivity index is 2.10. The highest BCUT2D eigenvalue weighted by atomic mass is 79.9. The number of hydrogen-bond donors (Lipinski definition) is 0. The van der Waals surface area contributed by atoms with Crippen LogP contribution >= 0.6 is 15.9 Å². The molecule has 0 aliphatic heterocycles. The fraction of sp³-hybridized carbons (Fsp3) is 0.143. The van der Waals surface area contributed by atoms with Gasteiger partial charge < -0.3 is 4.74 Å². The van der Waals surface area contributed by atoms with Gasteiger partial charge in [0.1, 0.15) is 12.4 Å². The Morgan fingerprint density at radius 1 is 1.06 bits per heavy atom. The van der Waals surface area contributed by atoms with Crippen LogP contribution in [0, 0.1) is 0 Å². The Bertz CT molecular complexity index is 514. The van der Waals surface area contributed by atoms with Crippen molar-refractivity contribution in [2.75, 3.05) is 0 Å². The normalized spacial score (nSPS) is 10.7. The summed E-state index contributed by atoms with van der Waals surface area (Å²) in [5.41, 5.74) is 0.948. The Hall–Kier alpha value is -1.42. The van der Waals surface area contributed by atoms with Crippen molar-refractivity contribution in [3.8, 4) is 5.75 Å². The second-order valence-corrected chi connectivity index (χ2v) is 4.71. The monoisotopic (exact) mass is 312 g/mol. The summed E-state index contributed by atoms with van der Waals surface area (Å²) in [5, 5.41) is 0. The molecule has 0 bridgehead atoms. The van der Waals surface area contributed by atoms with Crippen molar-refractivity contribution in [1.29, 1.82) is 0 Å². The van der Waals surface area contributed by atoms with Crippen LogP contribution in [0.3, 0.4) is 0 Å². The molecule has 2 aromatic carbocycles. The van der Waals surface area contributed by atoms with E-state index in [2.05, 4.69) is 15.9 Å². The lowest BCUT2D eigenvalue weighted by Gasteiger charge is -2.09. The van der Waals surface area contributed by atoms with Gasteiger partial charge in [0.25, 0.3) is 6.43 Å². The van der Waals surface area contributed by atoms with Gasteiger partial charge in [-0.1, -0.05) is 46.3 Å². The van der Waals surface area contributed by atoms with E-state index in [1.54, 1.807) is 6.07 Å². The van der Waals surface area contributed by atoms with E-state index in [9.17, 15) is 8.78 Å². The van der Waals surface area contributed by atoms with Gasteiger partial charge in [-0.15, -0.1) is 0 Å². The summed E-state index contributed by atoms with van der Waals surface area (Å²) >= 11 is 3.19. The zero-order valence-corrected chi connectivity index (χ0v) is 11.0. The van der Waals surface area contributed by atoms with Gasteiger partial charge in [-0.3, -0.25) is 0 Å². The zero-order valence-electron chi connectivity index (χ0n) is 9.45. The van der Waals surface area contributed by atoms with Crippen molar-refractivity contribution in [1.82, 2.24) is 0 Å².